The molecule has 0 saturated carbocycles. The molecule has 1 aromatic carbocycles. The van der Waals surface area contributed by atoms with Crippen LogP contribution in [0.25, 0.3) is 0 Å². The maximum atomic E-state index is 11.1. The largest absolute Gasteiger partial charge is 0.508 e. The van der Waals surface area contributed by atoms with Gasteiger partial charge in [0.05, 0.1) is 13.0 Å². The Kier molecular flexibility index (Phi) is 3.77. The van der Waals surface area contributed by atoms with E-state index in [0.29, 0.717) is 17.2 Å². The first-order valence-electron chi connectivity index (χ1n) is 4.26. The van der Waals surface area contributed by atoms with Gasteiger partial charge in [0.2, 0.25) is 0 Å². The van der Waals surface area contributed by atoms with E-state index in [9.17, 15) is 9.90 Å². The zero-order valence-corrected chi connectivity index (χ0v) is 8.54. The number of benzene rings is 1. The maximum Gasteiger partial charge on any atom is 0.310 e. The molecule has 1 aromatic rings. The van der Waals surface area contributed by atoms with Gasteiger partial charge in [0, 0.05) is 10.6 Å². The van der Waals surface area contributed by atoms with Crippen molar-refractivity contribution in [2.75, 3.05) is 6.61 Å². The number of ether oxygens (including phenoxy) is 1. The molecule has 0 fully saturated rings. The van der Waals surface area contributed by atoms with Crippen LogP contribution in [0.15, 0.2) is 18.2 Å². The van der Waals surface area contributed by atoms with Crippen molar-refractivity contribution in [3.05, 3.63) is 28.8 Å². The fraction of sp³-hybridized carbons (Fsp3) is 0.300. The van der Waals surface area contributed by atoms with Crippen LogP contribution in [0.4, 0.5) is 0 Å². The van der Waals surface area contributed by atoms with Gasteiger partial charge in [-0.05, 0) is 19.1 Å². The smallest absolute Gasteiger partial charge is 0.310 e. The molecule has 4 heteroatoms. The highest BCUT2D eigenvalue weighted by atomic mass is 35.5. The zero-order chi connectivity index (χ0) is 10.6. The fourth-order valence-corrected chi connectivity index (χ4v) is 1.22. The normalized spacial score (nSPS) is 9.86. The van der Waals surface area contributed by atoms with Crippen LogP contribution in [0.3, 0.4) is 0 Å². The molecule has 3 nitrogen and oxygen atoms in total. The molecule has 0 aliphatic rings. The number of rotatable bonds is 3. The minimum absolute atomic E-state index is 0.0190. The van der Waals surface area contributed by atoms with Crippen LogP contribution < -0.4 is 0 Å². The monoisotopic (exact) mass is 214 g/mol. The minimum Gasteiger partial charge on any atom is -0.508 e. The van der Waals surface area contributed by atoms with Crippen molar-refractivity contribution in [3.8, 4) is 5.75 Å². The predicted molar refractivity (Wildman–Crippen MR) is 53.5 cm³/mol. The van der Waals surface area contributed by atoms with Crippen molar-refractivity contribution in [2.45, 2.75) is 13.3 Å². The molecule has 0 aromatic heterocycles. The lowest BCUT2D eigenvalue weighted by atomic mass is 10.1. The van der Waals surface area contributed by atoms with E-state index in [-0.39, 0.29) is 18.1 Å². The second-order valence-corrected chi connectivity index (χ2v) is 3.19. The van der Waals surface area contributed by atoms with Crippen molar-refractivity contribution >= 4 is 17.6 Å². The summed E-state index contributed by atoms with van der Waals surface area (Å²) in [5.41, 5.74) is 0.521. The van der Waals surface area contributed by atoms with E-state index in [2.05, 4.69) is 0 Å². The van der Waals surface area contributed by atoms with Crippen LogP contribution in [-0.2, 0) is 16.0 Å². The second-order valence-electron chi connectivity index (χ2n) is 2.75. The average Bonchev–Trinajstić information content (AvgIpc) is 2.10. The number of carbonyl (C=O) groups excluding carboxylic acids is 1. The molecule has 0 bridgehead atoms. The van der Waals surface area contributed by atoms with Crippen molar-refractivity contribution in [3.63, 3.8) is 0 Å². The Labute approximate surface area is 87.3 Å². The molecule has 0 heterocycles. The number of halogens is 1. The molecule has 0 saturated heterocycles. The van der Waals surface area contributed by atoms with Gasteiger partial charge in [-0.2, -0.15) is 0 Å². The van der Waals surface area contributed by atoms with E-state index in [4.69, 9.17) is 16.3 Å². The SMILES string of the molecule is CCOC(=O)Cc1ccc(Cl)cc1O. The molecule has 1 rings (SSSR count). The summed E-state index contributed by atoms with van der Waals surface area (Å²) >= 11 is 5.64. The van der Waals surface area contributed by atoms with Crippen molar-refractivity contribution in [1.29, 1.82) is 0 Å². The summed E-state index contributed by atoms with van der Waals surface area (Å²) in [5.74, 6) is -0.337. The molecular formula is C10H11ClO3. The standard InChI is InChI=1S/C10H11ClO3/c1-2-14-10(13)5-7-3-4-8(11)6-9(7)12/h3-4,6,12H,2,5H2,1H3. The van der Waals surface area contributed by atoms with E-state index in [1.54, 1.807) is 19.1 Å². The van der Waals surface area contributed by atoms with Gasteiger partial charge in [-0.25, -0.2) is 0 Å². The highest BCUT2D eigenvalue weighted by Crippen LogP contribution is 2.22. The molecule has 0 aliphatic carbocycles. The number of hydrogen-bond donors (Lipinski definition) is 1. The molecule has 0 atom stereocenters. The van der Waals surface area contributed by atoms with Crippen LogP contribution in [-0.4, -0.2) is 17.7 Å². The van der Waals surface area contributed by atoms with Gasteiger partial charge >= 0.3 is 5.97 Å². The summed E-state index contributed by atoms with van der Waals surface area (Å²) in [5, 5.41) is 9.86. The van der Waals surface area contributed by atoms with Gasteiger partial charge in [-0.3, -0.25) is 4.79 Å². The van der Waals surface area contributed by atoms with Gasteiger partial charge < -0.3 is 9.84 Å². The predicted octanol–water partition coefficient (Wildman–Crippen LogP) is 2.15. The minimum atomic E-state index is -0.356. The summed E-state index contributed by atoms with van der Waals surface area (Å²) < 4.78 is 4.75. The fourth-order valence-electron chi connectivity index (χ4n) is 1.05. The molecule has 14 heavy (non-hydrogen) atoms. The van der Waals surface area contributed by atoms with Crippen LogP contribution in [0.1, 0.15) is 12.5 Å². The number of phenols is 1. The first kappa shape index (κ1) is 10.9. The van der Waals surface area contributed by atoms with E-state index in [1.807, 2.05) is 0 Å². The molecule has 0 aliphatic heterocycles. The van der Waals surface area contributed by atoms with E-state index in [0.717, 1.165) is 0 Å². The summed E-state index contributed by atoms with van der Waals surface area (Å²) in [6.07, 6.45) is 0.0663. The van der Waals surface area contributed by atoms with Gasteiger partial charge in [0.15, 0.2) is 0 Å². The van der Waals surface area contributed by atoms with E-state index >= 15 is 0 Å². The van der Waals surface area contributed by atoms with E-state index < -0.39 is 0 Å². The van der Waals surface area contributed by atoms with Crippen LogP contribution in [0.2, 0.25) is 5.02 Å². The molecule has 76 valence electrons. The van der Waals surface area contributed by atoms with Gasteiger partial charge in [-0.15, -0.1) is 0 Å². The summed E-state index contributed by atoms with van der Waals surface area (Å²) in [4.78, 5) is 11.1. The molecule has 0 amide bonds. The Hall–Kier alpha value is -1.22. The second kappa shape index (κ2) is 4.86. The highest BCUT2D eigenvalue weighted by Gasteiger charge is 2.08. The van der Waals surface area contributed by atoms with Gasteiger partial charge in [0.1, 0.15) is 5.75 Å². The lowest BCUT2D eigenvalue weighted by Gasteiger charge is -2.04. The average molecular weight is 215 g/mol. The Morgan fingerprint density at radius 2 is 2.29 bits per heavy atom. The first-order chi connectivity index (χ1) is 6.63. The van der Waals surface area contributed by atoms with Crippen molar-refractivity contribution < 1.29 is 14.6 Å². The summed E-state index contributed by atoms with van der Waals surface area (Å²) in [6.45, 7) is 2.08. The highest BCUT2D eigenvalue weighted by molar-refractivity contribution is 6.30. The lowest BCUT2D eigenvalue weighted by Crippen LogP contribution is -2.07. The Balaban J connectivity index is 2.72. The number of esters is 1. The summed E-state index contributed by atoms with van der Waals surface area (Å²) in [6, 6.07) is 4.63. The Morgan fingerprint density at radius 1 is 1.57 bits per heavy atom. The van der Waals surface area contributed by atoms with Crippen LogP contribution >= 0.6 is 11.6 Å². The maximum absolute atomic E-state index is 11.1. The third-order valence-electron chi connectivity index (χ3n) is 1.69. The topological polar surface area (TPSA) is 46.5 Å². The molecular weight excluding hydrogens is 204 g/mol. The van der Waals surface area contributed by atoms with Gasteiger partial charge in [0.25, 0.3) is 0 Å². The third kappa shape index (κ3) is 2.92. The van der Waals surface area contributed by atoms with Crippen molar-refractivity contribution in [2.24, 2.45) is 0 Å². The quantitative estimate of drug-likeness (QED) is 0.785. The number of phenolic OH excluding ortho intramolecular Hbond substituents is 1. The zero-order valence-electron chi connectivity index (χ0n) is 7.79. The summed E-state index contributed by atoms with van der Waals surface area (Å²) in [7, 11) is 0. The van der Waals surface area contributed by atoms with Crippen LogP contribution in [0, 0.1) is 0 Å². The number of carbonyl (C=O) groups is 1. The molecule has 0 spiro atoms. The number of hydrogen-bond acceptors (Lipinski definition) is 3. The third-order valence-corrected chi connectivity index (χ3v) is 1.92. The van der Waals surface area contributed by atoms with E-state index in [1.165, 1.54) is 6.07 Å². The first-order valence-corrected chi connectivity index (χ1v) is 4.64. The lowest BCUT2D eigenvalue weighted by molar-refractivity contribution is -0.142. The molecule has 0 unspecified atom stereocenters. The number of aromatic hydroxyl groups is 1. The molecule has 0 radical (unpaired) electrons. The molecule has 1 N–H and O–H groups in total. The van der Waals surface area contributed by atoms with Gasteiger partial charge in [-0.1, -0.05) is 17.7 Å². The van der Waals surface area contributed by atoms with Crippen LogP contribution in [0.5, 0.6) is 5.75 Å². The van der Waals surface area contributed by atoms with Crippen molar-refractivity contribution in [1.82, 2.24) is 0 Å². The Bertz CT molecular complexity index is 336. The Morgan fingerprint density at radius 3 is 2.86 bits per heavy atom.